The van der Waals surface area contributed by atoms with Gasteiger partial charge in [-0.05, 0) is 61.4 Å². The summed E-state index contributed by atoms with van der Waals surface area (Å²) in [5.74, 6) is -3.23. The summed E-state index contributed by atoms with van der Waals surface area (Å²) in [5, 5.41) is 0.668. The van der Waals surface area contributed by atoms with Crippen LogP contribution in [-0.2, 0) is 9.84 Å². The summed E-state index contributed by atoms with van der Waals surface area (Å²) in [7, 11) is -3.42. The quantitative estimate of drug-likeness (QED) is 0.449. The number of hydrogen-bond donors (Lipinski definition) is 0. The highest BCUT2D eigenvalue weighted by atomic mass is 32.2. The molecule has 0 radical (unpaired) electrons. The summed E-state index contributed by atoms with van der Waals surface area (Å²) in [6, 6.07) is 13.9. The molecule has 3 fully saturated rings. The Labute approximate surface area is 238 Å². The van der Waals surface area contributed by atoms with Crippen molar-refractivity contribution in [2.75, 3.05) is 45.5 Å². The van der Waals surface area contributed by atoms with E-state index in [1.54, 1.807) is 41.0 Å². The molecule has 0 spiro atoms. The Kier molecular flexibility index (Phi) is 7.14. The average molecular weight is 585 g/mol. The van der Waals surface area contributed by atoms with Crippen molar-refractivity contribution in [3.05, 3.63) is 59.8 Å². The van der Waals surface area contributed by atoms with Crippen LogP contribution < -0.4 is 0 Å². The van der Waals surface area contributed by atoms with Gasteiger partial charge in [-0.1, -0.05) is 6.42 Å². The third-order valence-electron chi connectivity index (χ3n) is 8.77. The van der Waals surface area contributed by atoms with Gasteiger partial charge in [-0.2, -0.15) is 0 Å². The number of carbonyl (C=O) groups is 2. The van der Waals surface area contributed by atoms with Crippen LogP contribution in [0.1, 0.15) is 53.0 Å². The smallest absolute Gasteiger partial charge is 0.270 e. The van der Waals surface area contributed by atoms with Crippen LogP contribution in [0.15, 0.2) is 53.4 Å². The standard InChI is InChI=1S/C30H34F2N4O4S/c1-41(39,40)25-8-6-24(7-9-25)36-26-10-5-21(28(37)35-17-15-33(16-18-35)23-3-2-4-23)19-22(26)20-27(36)29(38)34-13-11-30(31,32)12-14-34/h5-10,19-20,23H,2-4,11-18H2,1H3. The number of piperazine rings is 1. The largest absolute Gasteiger partial charge is 0.337 e. The number of carbonyl (C=O) groups excluding carboxylic acids is 2. The molecule has 1 aliphatic carbocycles. The second-order valence-electron chi connectivity index (χ2n) is 11.5. The predicted octanol–water partition coefficient (Wildman–Crippen LogP) is 4.22. The van der Waals surface area contributed by atoms with Gasteiger partial charge in [0.05, 0.1) is 10.4 Å². The molecular weight excluding hydrogens is 550 g/mol. The van der Waals surface area contributed by atoms with Gasteiger partial charge in [0.2, 0.25) is 0 Å². The van der Waals surface area contributed by atoms with E-state index in [1.165, 1.54) is 36.3 Å². The minimum Gasteiger partial charge on any atom is -0.337 e. The van der Waals surface area contributed by atoms with Crippen molar-refractivity contribution in [2.24, 2.45) is 0 Å². The van der Waals surface area contributed by atoms with Crippen molar-refractivity contribution in [2.45, 2.75) is 49.0 Å². The van der Waals surface area contributed by atoms with E-state index in [1.807, 2.05) is 4.90 Å². The number of hydrogen-bond acceptors (Lipinski definition) is 5. The second kappa shape index (κ2) is 10.5. The van der Waals surface area contributed by atoms with Crippen LogP contribution in [0.3, 0.4) is 0 Å². The zero-order chi connectivity index (χ0) is 28.9. The molecule has 2 saturated heterocycles. The van der Waals surface area contributed by atoms with E-state index >= 15 is 0 Å². The second-order valence-corrected chi connectivity index (χ2v) is 13.5. The number of fused-ring (bicyclic) bond motifs is 1. The van der Waals surface area contributed by atoms with Crippen LogP contribution in [0.2, 0.25) is 0 Å². The first-order valence-corrected chi connectivity index (χ1v) is 16.1. The van der Waals surface area contributed by atoms with Gasteiger partial charge in [0.25, 0.3) is 17.7 Å². The molecule has 8 nitrogen and oxygen atoms in total. The molecule has 1 aromatic heterocycles. The van der Waals surface area contributed by atoms with Crippen LogP contribution in [0.25, 0.3) is 16.6 Å². The minimum absolute atomic E-state index is 0.0586. The Balaban J connectivity index is 1.33. The van der Waals surface area contributed by atoms with E-state index in [2.05, 4.69) is 4.90 Å². The maximum absolute atomic E-state index is 13.8. The summed E-state index contributed by atoms with van der Waals surface area (Å²) in [4.78, 5) is 33.0. The lowest BCUT2D eigenvalue weighted by atomic mass is 9.91. The van der Waals surface area contributed by atoms with Crippen LogP contribution in [-0.4, -0.2) is 97.0 Å². The first-order chi connectivity index (χ1) is 19.5. The van der Waals surface area contributed by atoms with Gasteiger partial charge in [-0.3, -0.25) is 14.5 Å². The fourth-order valence-electron chi connectivity index (χ4n) is 6.05. The summed E-state index contributed by atoms with van der Waals surface area (Å²) in [6.07, 6.45) is 4.09. The van der Waals surface area contributed by atoms with Gasteiger partial charge in [0, 0.05) is 81.0 Å². The SMILES string of the molecule is CS(=O)(=O)c1ccc(-n2c(C(=O)N3CCC(F)(F)CC3)cc3cc(C(=O)N4CCN(C5CCC5)CC4)ccc32)cc1. The van der Waals surface area contributed by atoms with E-state index in [0.29, 0.717) is 41.3 Å². The molecule has 3 aliphatic rings. The summed E-state index contributed by atoms with van der Waals surface area (Å²) >= 11 is 0. The highest BCUT2D eigenvalue weighted by Gasteiger charge is 2.37. The normalized spacial score (nSPS) is 20.3. The Morgan fingerprint density at radius 3 is 2.05 bits per heavy atom. The molecule has 2 amide bonds. The van der Waals surface area contributed by atoms with Crippen molar-refractivity contribution >= 4 is 32.6 Å². The topological polar surface area (TPSA) is 82.9 Å². The van der Waals surface area contributed by atoms with Crippen LogP contribution in [0, 0.1) is 0 Å². The van der Waals surface area contributed by atoms with Crippen molar-refractivity contribution in [3.8, 4) is 5.69 Å². The molecule has 6 rings (SSSR count). The van der Waals surface area contributed by atoms with Crippen molar-refractivity contribution in [1.82, 2.24) is 19.3 Å². The molecule has 218 valence electrons. The fraction of sp³-hybridized carbons (Fsp3) is 0.467. The minimum atomic E-state index is -3.42. The number of rotatable bonds is 5. The van der Waals surface area contributed by atoms with Crippen LogP contribution in [0.4, 0.5) is 8.78 Å². The third-order valence-corrected chi connectivity index (χ3v) is 9.89. The van der Waals surface area contributed by atoms with E-state index in [4.69, 9.17) is 0 Å². The first kappa shape index (κ1) is 27.8. The van der Waals surface area contributed by atoms with Crippen molar-refractivity contribution in [1.29, 1.82) is 0 Å². The van der Waals surface area contributed by atoms with Gasteiger partial charge in [0.1, 0.15) is 5.69 Å². The van der Waals surface area contributed by atoms with Crippen molar-refractivity contribution < 1.29 is 26.8 Å². The number of amides is 2. The summed E-state index contributed by atoms with van der Waals surface area (Å²) < 4.78 is 53.4. The molecule has 0 unspecified atom stereocenters. The van der Waals surface area contributed by atoms with Crippen LogP contribution >= 0.6 is 0 Å². The molecule has 0 bridgehead atoms. The maximum atomic E-state index is 13.8. The molecule has 2 aliphatic heterocycles. The highest BCUT2D eigenvalue weighted by molar-refractivity contribution is 7.90. The zero-order valence-electron chi connectivity index (χ0n) is 23.1. The number of piperidine rings is 1. The van der Waals surface area contributed by atoms with Crippen molar-refractivity contribution in [3.63, 3.8) is 0 Å². The monoisotopic (exact) mass is 584 g/mol. The fourth-order valence-corrected chi connectivity index (χ4v) is 6.68. The predicted molar refractivity (Wildman–Crippen MR) is 152 cm³/mol. The van der Waals surface area contributed by atoms with Gasteiger partial charge in [-0.15, -0.1) is 0 Å². The summed E-state index contributed by atoms with van der Waals surface area (Å²) in [5.41, 5.74) is 2.02. The molecule has 1 saturated carbocycles. The average Bonchev–Trinajstić information content (AvgIpc) is 3.30. The molecule has 0 N–H and O–H groups in total. The number of halogens is 2. The summed E-state index contributed by atoms with van der Waals surface area (Å²) in [6.45, 7) is 2.96. The number of likely N-dealkylation sites (tertiary alicyclic amines) is 1. The number of aromatic nitrogens is 1. The van der Waals surface area contributed by atoms with E-state index in [0.717, 1.165) is 19.3 Å². The van der Waals surface area contributed by atoms with Gasteiger partial charge >= 0.3 is 0 Å². The Morgan fingerprint density at radius 2 is 1.46 bits per heavy atom. The number of benzene rings is 2. The molecule has 2 aromatic carbocycles. The lowest BCUT2D eigenvalue weighted by molar-refractivity contribution is -0.0495. The number of nitrogens with zero attached hydrogens (tertiary/aromatic N) is 4. The van der Waals surface area contributed by atoms with E-state index in [9.17, 15) is 26.8 Å². The van der Waals surface area contributed by atoms with Gasteiger partial charge in [0.15, 0.2) is 9.84 Å². The van der Waals surface area contributed by atoms with E-state index < -0.39 is 28.6 Å². The van der Waals surface area contributed by atoms with Gasteiger partial charge < -0.3 is 14.4 Å². The zero-order valence-corrected chi connectivity index (χ0v) is 23.9. The molecule has 3 aromatic rings. The Bertz CT molecular complexity index is 1580. The molecular formula is C30H34F2N4O4S. The van der Waals surface area contributed by atoms with Gasteiger partial charge in [-0.25, -0.2) is 17.2 Å². The first-order valence-electron chi connectivity index (χ1n) is 14.2. The lowest BCUT2D eigenvalue weighted by Gasteiger charge is -2.42. The molecule has 3 heterocycles. The maximum Gasteiger partial charge on any atom is 0.270 e. The van der Waals surface area contributed by atoms with E-state index in [-0.39, 0.29) is 35.5 Å². The highest BCUT2D eigenvalue weighted by Crippen LogP contribution is 2.32. The third kappa shape index (κ3) is 5.49. The number of alkyl halides is 2. The molecule has 41 heavy (non-hydrogen) atoms. The van der Waals surface area contributed by atoms with Crippen LogP contribution in [0.5, 0.6) is 0 Å². The Morgan fingerprint density at radius 1 is 0.829 bits per heavy atom. The lowest BCUT2D eigenvalue weighted by Crippen LogP contribution is -2.53. The number of sulfone groups is 1. The Hall–Kier alpha value is -3.31. The molecule has 0 atom stereocenters. The molecule has 11 heteroatoms.